The second kappa shape index (κ2) is 7.81. The van der Waals surface area contributed by atoms with Gasteiger partial charge in [-0.15, -0.1) is 0 Å². The van der Waals surface area contributed by atoms with Crippen molar-refractivity contribution in [3.63, 3.8) is 0 Å². The molecule has 0 amide bonds. The van der Waals surface area contributed by atoms with Crippen LogP contribution < -0.4 is 0 Å². The van der Waals surface area contributed by atoms with Crippen LogP contribution in [-0.2, 0) is 19.5 Å². The molecule has 0 saturated heterocycles. The van der Waals surface area contributed by atoms with Crippen LogP contribution in [0, 0.1) is 0 Å². The van der Waals surface area contributed by atoms with Gasteiger partial charge in [-0.3, -0.25) is 14.6 Å². The molecule has 3 aromatic rings. The fraction of sp³-hybridized carbons (Fsp3) is 0.333. The summed E-state index contributed by atoms with van der Waals surface area (Å²) in [6.45, 7) is 3.81. The Kier molecular flexibility index (Phi) is 5.09. The third kappa shape index (κ3) is 3.84. The molecule has 1 aliphatic heterocycles. The molecule has 1 atom stereocenters. The van der Waals surface area contributed by atoms with Gasteiger partial charge < -0.3 is 5.11 Å². The van der Waals surface area contributed by atoms with Crippen LogP contribution in [-0.4, -0.2) is 37.9 Å². The van der Waals surface area contributed by atoms with E-state index >= 15 is 0 Å². The van der Waals surface area contributed by atoms with E-state index in [1.165, 1.54) is 5.69 Å². The largest absolute Gasteiger partial charge is 0.382 e. The van der Waals surface area contributed by atoms with Crippen molar-refractivity contribution in [2.75, 3.05) is 13.1 Å². The normalized spacial score (nSPS) is 16.0. The summed E-state index contributed by atoms with van der Waals surface area (Å²) < 4.78 is 2.06. The summed E-state index contributed by atoms with van der Waals surface area (Å²) in [6, 6.07) is 17.8. The number of aliphatic hydroxyl groups excluding tert-OH is 1. The summed E-state index contributed by atoms with van der Waals surface area (Å²) in [7, 11) is 0. The first-order valence-corrected chi connectivity index (χ1v) is 9.21. The van der Waals surface area contributed by atoms with Crippen LogP contribution in [0.25, 0.3) is 0 Å². The van der Waals surface area contributed by atoms with Crippen molar-refractivity contribution in [3.05, 3.63) is 83.4 Å². The Bertz CT molecular complexity index is 832. The third-order valence-electron chi connectivity index (χ3n) is 4.92. The smallest absolute Gasteiger partial charge is 0.123 e. The van der Waals surface area contributed by atoms with Crippen molar-refractivity contribution in [1.29, 1.82) is 0 Å². The van der Waals surface area contributed by atoms with Crippen LogP contribution >= 0.6 is 0 Å². The molecule has 4 rings (SSSR count). The zero-order chi connectivity index (χ0) is 17.8. The molecule has 1 aliphatic rings. The van der Waals surface area contributed by atoms with Gasteiger partial charge in [-0.25, -0.2) is 0 Å². The lowest BCUT2D eigenvalue weighted by Gasteiger charge is -2.19. The molecule has 2 aromatic heterocycles. The van der Waals surface area contributed by atoms with Crippen molar-refractivity contribution in [1.82, 2.24) is 19.7 Å². The van der Waals surface area contributed by atoms with E-state index < -0.39 is 6.10 Å². The van der Waals surface area contributed by atoms with Gasteiger partial charge >= 0.3 is 0 Å². The molecule has 0 radical (unpaired) electrons. The number of hydrogen-bond donors (Lipinski definition) is 1. The highest BCUT2D eigenvalue weighted by molar-refractivity contribution is 5.26. The number of nitrogens with zero attached hydrogens (tertiary/aromatic N) is 4. The van der Waals surface area contributed by atoms with E-state index in [4.69, 9.17) is 0 Å². The topological polar surface area (TPSA) is 54.2 Å². The molecule has 26 heavy (non-hydrogen) atoms. The Balaban J connectivity index is 1.45. The molecule has 1 N–H and O–H groups in total. The Morgan fingerprint density at radius 1 is 1.04 bits per heavy atom. The average Bonchev–Trinajstić information content (AvgIpc) is 2.99. The van der Waals surface area contributed by atoms with Crippen LogP contribution in [0.1, 0.15) is 35.2 Å². The lowest BCUT2D eigenvalue weighted by molar-refractivity contribution is 0.213. The lowest BCUT2D eigenvalue weighted by Crippen LogP contribution is -2.26. The Hall–Kier alpha value is -2.50. The highest BCUT2D eigenvalue weighted by Crippen LogP contribution is 2.23. The van der Waals surface area contributed by atoms with Crippen molar-refractivity contribution in [2.45, 2.75) is 32.0 Å². The van der Waals surface area contributed by atoms with Crippen molar-refractivity contribution in [3.8, 4) is 0 Å². The monoisotopic (exact) mass is 348 g/mol. The van der Waals surface area contributed by atoms with Crippen LogP contribution in [0.4, 0.5) is 0 Å². The number of aliphatic hydroxyl groups is 1. The fourth-order valence-corrected chi connectivity index (χ4v) is 3.50. The minimum Gasteiger partial charge on any atom is -0.382 e. The van der Waals surface area contributed by atoms with Gasteiger partial charge in [0, 0.05) is 44.5 Å². The van der Waals surface area contributed by atoms with Gasteiger partial charge in [0.25, 0.3) is 0 Å². The lowest BCUT2D eigenvalue weighted by atomic mass is 10.1. The second-order valence-electron chi connectivity index (χ2n) is 6.80. The average molecular weight is 348 g/mol. The number of aromatic nitrogens is 3. The van der Waals surface area contributed by atoms with Crippen LogP contribution in [0.2, 0.25) is 0 Å². The van der Waals surface area contributed by atoms with E-state index in [-0.39, 0.29) is 0 Å². The van der Waals surface area contributed by atoms with Gasteiger partial charge in [0.2, 0.25) is 0 Å². The number of hydrogen-bond acceptors (Lipinski definition) is 4. The maximum atomic E-state index is 10.6. The maximum Gasteiger partial charge on any atom is 0.123 e. The summed E-state index contributed by atoms with van der Waals surface area (Å²) in [5.41, 5.74) is 3.92. The first-order valence-electron chi connectivity index (χ1n) is 9.21. The van der Waals surface area contributed by atoms with Gasteiger partial charge in [0.15, 0.2) is 0 Å². The summed E-state index contributed by atoms with van der Waals surface area (Å²) >= 11 is 0. The van der Waals surface area contributed by atoms with E-state index in [1.54, 1.807) is 0 Å². The first-order chi connectivity index (χ1) is 12.8. The molecule has 5 heteroatoms. The Morgan fingerprint density at radius 2 is 1.88 bits per heavy atom. The van der Waals surface area contributed by atoms with E-state index in [0.717, 1.165) is 56.0 Å². The molecule has 0 fully saturated rings. The SMILES string of the molecule is O[C@H](c1ccccc1)c1cc2n(n1)CCCN(CCc1ccccn1)C2. The van der Waals surface area contributed by atoms with Gasteiger partial charge in [0.05, 0.1) is 11.4 Å². The Labute approximate surface area is 153 Å². The fourth-order valence-electron chi connectivity index (χ4n) is 3.50. The van der Waals surface area contributed by atoms with Gasteiger partial charge in [0.1, 0.15) is 6.10 Å². The molecule has 3 heterocycles. The predicted octanol–water partition coefficient (Wildman–Crippen LogP) is 2.81. The molecule has 5 nitrogen and oxygen atoms in total. The van der Waals surface area contributed by atoms with Crippen LogP contribution in [0.15, 0.2) is 60.8 Å². The van der Waals surface area contributed by atoms with Crippen molar-refractivity contribution < 1.29 is 5.11 Å². The molecular weight excluding hydrogens is 324 g/mol. The summed E-state index contributed by atoms with van der Waals surface area (Å²) in [5.74, 6) is 0. The number of benzene rings is 1. The second-order valence-corrected chi connectivity index (χ2v) is 6.80. The summed E-state index contributed by atoms with van der Waals surface area (Å²) in [4.78, 5) is 6.87. The Morgan fingerprint density at radius 3 is 2.69 bits per heavy atom. The zero-order valence-corrected chi connectivity index (χ0v) is 14.8. The van der Waals surface area contributed by atoms with Gasteiger partial charge in [-0.1, -0.05) is 36.4 Å². The number of fused-ring (bicyclic) bond motifs is 1. The van der Waals surface area contributed by atoms with Crippen LogP contribution in [0.5, 0.6) is 0 Å². The van der Waals surface area contributed by atoms with Crippen molar-refractivity contribution in [2.24, 2.45) is 0 Å². The molecular formula is C21H24N4O. The predicted molar refractivity (Wildman–Crippen MR) is 101 cm³/mol. The molecule has 0 spiro atoms. The molecule has 1 aromatic carbocycles. The highest BCUT2D eigenvalue weighted by atomic mass is 16.3. The van der Waals surface area contributed by atoms with E-state index in [2.05, 4.69) is 31.8 Å². The highest BCUT2D eigenvalue weighted by Gasteiger charge is 2.20. The molecule has 0 bridgehead atoms. The van der Waals surface area contributed by atoms with Crippen LogP contribution in [0.3, 0.4) is 0 Å². The van der Waals surface area contributed by atoms with Gasteiger partial charge in [-0.2, -0.15) is 5.10 Å². The molecule has 0 aliphatic carbocycles. The number of rotatable bonds is 5. The quantitative estimate of drug-likeness (QED) is 0.770. The molecule has 134 valence electrons. The summed E-state index contributed by atoms with van der Waals surface area (Å²) in [6.07, 6.45) is 3.20. The summed E-state index contributed by atoms with van der Waals surface area (Å²) in [5, 5.41) is 15.3. The van der Waals surface area contributed by atoms with E-state index in [9.17, 15) is 5.11 Å². The maximum absolute atomic E-state index is 10.6. The minimum absolute atomic E-state index is 0.669. The van der Waals surface area contributed by atoms with E-state index in [1.807, 2.05) is 48.7 Å². The molecule has 0 unspecified atom stereocenters. The number of pyridine rings is 1. The zero-order valence-electron chi connectivity index (χ0n) is 14.8. The third-order valence-corrected chi connectivity index (χ3v) is 4.92. The van der Waals surface area contributed by atoms with E-state index in [0.29, 0.717) is 0 Å². The first kappa shape index (κ1) is 16.9. The minimum atomic E-state index is -0.669. The van der Waals surface area contributed by atoms with Crippen molar-refractivity contribution >= 4 is 0 Å². The molecule has 0 saturated carbocycles. The van der Waals surface area contributed by atoms with Gasteiger partial charge in [-0.05, 0) is 30.2 Å². The standard InChI is InChI=1S/C21H24N4O/c26-21(17-7-2-1-3-8-17)20-15-19-16-24(12-6-13-25(19)23-20)14-10-18-9-4-5-11-22-18/h1-5,7-9,11,15,21,26H,6,10,12-14,16H2/t21-/m1/s1. The number of aryl methyl sites for hydroxylation is 1.